The van der Waals surface area contributed by atoms with Crippen LogP contribution in [-0.4, -0.2) is 24.0 Å². The van der Waals surface area contributed by atoms with Gasteiger partial charge in [0.2, 0.25) is 0 Å². The van der Waals surface area contributed by atoms with Crippen LogP contribution in [0.25, 0.3) is 0 Å². The number of hydrogen-bond donors (Lipinski definition) is 1. The zero-order valence-corrected chi connectivity index (χ0v) is 13.4. The maximum Gasteiger partial charge on any atom is 0.0570 e. The van der Waals surface area contributed by atoms with Crippen molar-refractivity contribution < 1.29 is 0 Å². The molecule has 1 aliphatic rings. The third-order valence-electron chi connectivity index (χ3n) is 5.00. The predicted octanol–water partition coefficient (Wildman–Crippen LogP) is 3.69. The molecule has 2 unspecified atom stereocenters. The van der Waals surface area contributed by atoms with Crippen LogP contribution in [0.5, 0.6) is 0 Å². The molecule has 112 valence electrons. The maximum absolute atomic E-state index is 7.01. The Balaban J connectivity index is 2.39. The summed E-state index contributed by atoms with van der Waals surface area (Å²) in [5.41, 5.74) is 9.71. The SMILES string of the molecule is CCCCC1(N)c2ccccc2CCC1N(CC)CC. The van der Waals surface area contributed by atoms with E-state index in [0.29, 0.717) is 6.04 Å². The molecule has 0 saturated carbocycles. The van der Waals surface area contributed by atoms with Gasteiger partial charge in [-0.15, -0.1) is 0 Å². The highest BCUT2D eigenvalue weighted by Crippen LogP contribution is 2.39. The Hall–Kier alpha value is -0.860. The van der Waals surface area contributed by atoms with E-state index >= 15 is 0 Å². The largest absolute Gasteiger partial charge is 0.320 e. The smallest absolute Gasteiger partial charge is 0.0570 e. The molecule has 0 spiro atoms. The van der Waals surface area contributed by atoms with Crippen LogP contribution in [0.2, 0.25) is 0 Å². The number of hydrogen-bond acceptors (Lipinski definition) is 2. The summed E-state index contributed by atoms with van der Waals surface area (Å²) in [4.78, 5) is 2.56. The summed E-state index contributed by atoms with van der Waals surface area (Å²) in [6.45, 7) is 8.95. The average Bonchev–Trinajstić information content (AvgIpc) is 2.49. The fourth-order valence-electron chi connectivity index (χ4n) is 3.86. The lowest BCUT2D eigenvalue weighted by atomic mass is 9.70. The molecule has 1 aromatic carbocycles. The Labute approximate surface area is 124 Å². The van der Waals surface area contributed by atoms with Gasteiger partial charge in [0.1, 0.15) is 0 Å². The van der Waals surface area contributed by atoms with Gasteiger partial charge < -0.3 is 5.73 Å². The summed E-state index contributed by atoms with van der Waals surface area (Å²) >= 11 is 0. The first-order valence-electron chi connectivity index (χ1n) is 8.28. The lowest BCUT2D eigenvalue weighted by Crippen LogP contribution is -2.58. The van der Waals surface area contributed by atoms with Gasteiger partial charge in [0.15, 0.2) is 0 Å². The van der Waals surface area contributed by atoms with Crippen molar-refractivity contribution in [2.75, 3.05) is 13.1 Å². The van der Waals surface area contributed by atoms with Gasteiger partial charge in [-0.05, 0) is 43.5 Å². The molecular formula is C18H30N2. The number of unbranched alkanes of at least 4 members (excludes halogenated alkanes) is 1. The van der Waals surface area contributed by atoms with Gasteiger partial charge in [-0.3, -0.25) is 4.90 Å². The van der Waals surface area contributed by atoms with Crippen LogP contribution in [0.4, 0.5) is 0 Å². The minimum atomic E-state index is -0.170. The van der Waals surface area contributed by atoms with E-state index in [9.17, 15) is 0 Å². The van der Waals surface area contributed by atoms with Crippen molar-refractivity contribution in [1.29, 1.82) is 0 Å². The van der Waals surface area contributed by atoms with Crippen LogP contribution in [0.3, 0.4) is 0 Å². The van der Waals surface area contributed by atoms with E-state index in [0.717, 1.165) is 19.5 Å². The summed E-state index contributed by atoms with van der Waals surface area (Å²) in [5, 5.41) is 0. The second-order valence-corrected chi connectivity index (χ2v) is 6.08. The number of aryl methyl sites for hydroxylation is 1. The average molecular weight is 274 g/mol. The minimum absolute atomic E-state index is 0.170. The number of rotatable bonds is 6. The van der Waals surface area contributed by atoms with Crippen LogP contribution in [0, 0.1) is 0 Å². The Morgan fingerprint density at radius 2 is 1.90 bits per heavy atom. The van der Waals surface area contributed by atoms with Crippen molar-refractivity contribution >= 4 is 0 Å². The first-order chi connectivity index (χ1) is 9.67. The molecular weight excluding hydrogens is 244 g/mol. The summed E-state index contributed by atoms with van der Waals surface area (Å²) in [6, 6.07) is 9.31. The molecule has 1 aliphatic carbocycles. The highest BCUT2D eigenvalue weighted by atomic mass is 15.2. The molecule has 2 atom stereocenters. The molecule has 20 heavy (non-hydrogen) atoms. The maximum atomic E-state index is 7.01. The zero-order chi connectivity index (χ0) is 14.6. The van der Waals surface area contributed by atoms with Crippen molar-refractivity contribution in [2.24, 2.45) is 5.73 Å². The normalized spacial score (nSPS) is 25.8. The van der Waals surface area contributed by atoms with Gasteiger partial charge in [0.25, 0.3) is 0 Å². The highest BCUT2D eigenvalue weighted by Gasteiger charge is 2.42. The van der Waals surface area contributed by atoms with Gasteiger partial charge in [-0.25, -0.2) is 0 Å². The van der Waals surface area contributed by atoms with Gasteiger partial charge in [-0.1, -0.05) is 57.9 Å². The van der Waals surface area contributed by atoms with E-state index < -0.39 is 0 Å². The molecule has 0 heterocycles. The molecule has 0 bridgehead atoms. The molecule has 2 rings (SSSR count). The Kier molecular flexibility index (Phi) is 5.22. The van der Waals surface area contributed by atoms with Crippen molar-refractivity contribution in [3.63, 3.8) is 0 Å². The topological polar surface area (TPSA) is 29.3 Å². The van der Waals surface area contributed by atoms with Gasteiger partial charge >= 0.3 is 0 Å². The number of nitrogens with zero attached hydrogens (tertiary/aromatic N) is 1. The molecule has 0 aromatic heterocycles. The molecule has 0 radical (unpaired) electrons. The lowest BCUT2D eigenvalue weighted by Gasteiger charge is -2.48. The summed E-state index contributed by atoms with van der Waals surface area (Å²) in [6.07, 6.45) is 5.89. The molecule has 0 aliphatic heterocycles. The third-order valence-corrected chi connectivity index (χ3v) is 5.00. The number of fused-ring (bicyclic) bond motifs is 1. The Bertz CT molecular complexity index is 425. The van der Waals surface area contributed by atoms with E-state index in [4.69, 9.17) is 5.73 Å². The zero-order valence-electron chi connectivity index (χ0n) is 13.4. The van der Waals surface area contributed by atoms with E-state index in [2.05, 4.69) is 49.9 Å². The van der Waals surface area contributed by atoms with Gasteiger partial charge in [0.05, 0.1) is 5.54 Å². The first kappa shape index (κ1) is 15.5. The Morgan fingerprint density at radius 1 is 1.20 bits per heavy atom. The number of likely N-dealkylation sites (N-methyl/N-ethyl adjacent to an activating group) is 1. The third kappa shape index (κ3) is 2.77. The highest BCUT2D eigenvalue weighted by molar-refractivity contribution is 5.38. The van der Waals surface area contributed by atoms with Crippen LogP contribution >= 0.6 is 0 Å². The van der Waals surface area contributed by atoms with Crippen LogP contribution in [0.15, 0.2) is 24.3 Å². The van der Waals surface area contributed by atoms with E-state index in [-0.39, 0.29) is 5.54 Å². The Morgan fingerprint density at radius 3 is 2.55 bits per heavy atom. The van der Waals surface area contributed by atoms with Crippen molar-refractivity contribution in [3.8, 4) is 0 Å². The quantitative estimate of drug-likeness (QED) is 0.857. The second-order valence-electron chi connectivity index (χ2n) is 6.08. The standard InChI is InChI=1S/C18H30N2/c1-4-7-14-18(19)16-11-9-8-10-15(16)12-13-17(18)20(5-2)6-3/h8-11,17H,4-7,12-14,19H2,1-3H3. The first-order valence-corrected chi connectivity index (χ1v) is 8.28. The van der Waals surface area contributed by atoms with E-state index in [1.165, 1.54) is 36.8 Å². The molecule has 0 saturated heterocycles. The fraction of sp³-hybridized carbons (Fsp3) is 0.667. The molecule has 2 N–H and O–H groups in total. The molecule has 1 aromatic rings. The summed E-state index contributed by atoms with van der Waals surface area (Å²) in [5.74, 6) is 0. The van der Waals surface area contributed by atoms with Crippen molar-refractivity contribution in [2.45, 2.75) is 64.5 Å². The van der Waals surface area contributed by atoms with Crippen LogP contribution < -0.4 is 5.73 Å². The second kappa shape index (κ2) is 6.73. The van der Waals surface area contributed by atoms with E-state index in [1.807, 2.05) is 0 Å². The molecule has 0 fully saturated rings. The summed E-state index contributed by atoms with van der Waals surface area (Å²) in [7, 11) is 0. The van der Waals surface area contributed by atoms with Gasteiger partial charge in [0, 0.05) is 6.04 Å². The monoisotopic (exact) mass is 274 g/mol. The van der Waals surface area contributed by atoms with Crippen molar-refractivity contribution in [3.05, 3.63) is 35.4 Å². The van der Waals surface area contributed by atoms with Gasteiger partial charge in [-0.2, -0.15) is 0 Å². The summed E-state index contributed by atoms with van der Waals surface area (Å²) < 4.78 is 0. The minimum Gasteiger partial charge on any atom is -0.320 e. The fourth-order valence-corrected chi connectivity index (χ4v) is 3.86. The van der Waals surface area contributed by atoms with E-state index in [1.54, 1.807) is 0 Å². The molecule has 2 nitrogen and oxygen atoms in total. The lowest BCUT2D eigenvalue weighted by molar-refractivity contribution is 0.103. The molecule has 0 amide bonds. The van der Waals surface area contributed by atoms with Crippen molar-refractivity contribution in [1.82, 2.24) is 4.90 Å². The number of benzene rings is 1. The molecule has 2 heteroatoms. The van der Waals surface area contributed by atoms with Crippen LogP contribution in [0.1, 0.15) is 57.6 Å². The number of nitrogens with two attached hydrogens (primary N) is 1. The predicted molar refractivity (Wildman–Crippen MR) is 86.9 cm³/mol. The van der Waals surface area contributed by atoms with Crippen LogP contribution in [-0.2, 0) is 12.0 Å².